The number of phenolic OH excluding ortho intramolecular Hbond substituents is 1. The Kier molecular flexibility index (Phi) is 3.56. The molecule has 0 bridgehead atoms. The van der Waals surface area contributed by atoms with Gasteiger partial charge in [-0.15, -0.1) is 0 Å². The maximum absolute atomic E-state index is 10.7. The monoisotopic (exact) mass is 256 g/mol. The minimum atomic E-state index is -0.626. The molecular formula is C14H12N2O3. The Hall–Kier alpha value is -2.69. The van der Waals surface area contributed by atoms with Gasteiger partial charge in [0.25, 0.3) is 0 Å². The highest BCUT2D eigenvalue weighted by atomic mass is 16.6. The molecule has 0 aliphatic carbocycles. The van der Waals surface area contributed by atoms with Gasteiger partial charge < -0.3 is 5.11 Å². The summed E-state index contributed by atoms with van der Waals surface area (Å²) in [4.78, 5) is 14.3. The van der Waals surface area contributed by atoms with Crippen LogP contribution in [0.5, 0.6) is 5.75 Å². The van der Waals surface area contributed by atoms with Crippen molar-refractivity contribution in [3.8, 4) is 5.75 Å². The smallest absolute Gasteiger partial charge is 0.311 e. The predicted octanol–water partition coefficient (Wildman–Crippen LogP) is 3.36. The number of aromatic hydroxyl groups is 1. The quantitative estimate of drug-likeness (QED) is 0.519. The van der Waals surface area contributed by atoms with Gasteiger partial charge in [-0.1, -0.05) is 18.2 Å². The van der Waals surface area contributed by atoms with Gasteiger partial charge in [0.05, 0.1) is 10.6 Å². The van der Waals surface area contributed by atoms with E-state index >= 15 is 0 Å². The fraction of sp³-hybridized carbons (Fsp3) is 0.0714. The number of rotatable bonds is 3. The van der Waals surface area contributed by atoms with Crippen LogP contribution in [0.3, 0.4) is 0 Å². The van der Waals surface area contributed by atoms with Crippen LogP contribution in [-0.4, -0.2) is 16.2 Å². The molecule has 2 aromatic rings. The van der Waals surface area contributed by atoms with Crippen molar-refractivity contribution in [3.05, 3.63) is 63.7 Å². The van der Waals surface area contributed by atoms with Gasteiger partial charge in [0.1, 0.15) is 0 Å². The summed E-state index contributed by atoms with van der Waals surface area (Å²) in [6.45, 7) is 1.95. The van der Waals surface area contributed by atoms with Gasteiger partial charge in [0.15, 0.2) is 0 Å². The third kappa shape index (κ3) is 2.95. The average Bonchev–Trinajstić information content (AvgIpc) is 2.37. The van der Waals surface area contributed by atoms with Gasteiger partial charge in [-0.25, -0.2) is 0 Å². The fourth-order valence-electron chi connectivity index (χ4n) is 1.65. The minimum absolute atomic E-state index is 0.315. The van der Waals surface area contributed by atoms with E-state index in [1.807, 2.05) is 31.2 Å². The first-order chi connectivity index (χ1) is 9.08. The molecule has 0 atom stereocenters. The minimum Gasteiger partial charge on any atom is -0.502 e. The van der Waals surface area contributed by atoms with Crippen molar-refractivity contribution in [1.82, 2.24) is 0 Å². The van der Waals surface area contributed by atoms with Crippen molar-refractivity contribution in [1.29, 1.82) is 0 Å². The molecule has 5 heteroatoms. The van der Waals surface area contributed by atoms with Crippen molar-refractivity contribution in [2.24, 2.45) is 4.99 Å². The molecular weight excluding hydrogens is 244 g/mol. The lowest BCUT2D eigenvalue weighted by Crippen LogP contribution is -1.91. The van der Waals surface area contributed by atoms with Crippen LogP contribution in [0.1, 0.15) is 11.1 Å². The first-order valence-electron chi connectivity index (χ1n) is 5.65. The van der Waals surface area contributed by atoms with Gasteiger partial charge in [-0.3, -0.25) is 15.1 Å². The number of para-hydroxylation sites is 1. The number of hydrogen-bond acceptors (Lipinski definition) is 4. The molecule has 0 amide bonds. The summed E-state index contributed by atoms with van der Waals surface area (Å²) in [5.41, 5.74) is 1.78. The number of hydrogen-bond donors (Lipinski definition) is 1. The second-order valence-electron chi connectivity index (χ2n) is 4.07. The number of nitro benzene ring substituents is 1. The van der Waals surface area contributed by atoms with E-state index in [4.69, 9.17) is 0 Å². The van der Waals surface area contributed by atoms with Crippen molar-refractivity contribution in [2.45, 2.75) is 6.92 Å². The van der Waals surface area contributed by atoms with Gasteiger partial charge in [-0.2, -0.15) is 0 Å². The zero-order valence-corrected chi connectivity index (χ0v) is 10.3. The molecule has 0 saturated carbocycles. The maximum atomic E-state index is 10.7. The number of nitrogens with zero attached hydrogens (tertiary/aromatic N) is 2. The molecule has 0 heterocycles. The van der Waals surface area contributed by atoms with E-state index in [1.54, 1.807) is 6.07 Å². The lowest BCUT2D eigenvalue weighted by atomic mass is 10.2. The molecule has 5 nitrogen and oxygen atoms in total. The van der Waals surface area contributed by atoms with Crippen molar-refractivity contribution < 1.29 is 10.0 Å². The highest BCUT2D eigenvalue weighted by Crippen LogP contribution is 2.28. The van der Waals surface area contributed by atoms with E-state index in [0.717, 1.165) is 11.3 Å². The first kappa shape index (κ1) is 12.8. The summed E-state index contributed by atoms with van der Waals surface area (Å²) >= 11 is 0. The summed E-state index contributed by atoms with van der Waals surface area (Å²) in [7, 11) is 0. The molecule has 0 radical (unpaired) electrons. The molecule has 0 fully saturated rings. The molecule has 0 aliphatic heterocycles. The lowest BCUT2D eigenvalue weighted by molar-refractivity contribution is -0.385. The van der Waals surface area contributed by atoms with E-state index in [2.05, 4.69) is 4.99 Å². The summed E-state index contributed by atoms with van der Waals surface area (Å²) in [6, 6.07) is 11.8. The zero-order chi connectivity index (χ0) is 13.8. The standard InChI is InChI=1S/C14H12N2O3/c1-10-4-2-6-12(8-10)15-9-11-5-3-7-13(14(11)17)16(18)19/h2-9,17H,1H3. The van der Waals surface area contributed by atoms with E-state index in [0.29, 0.717) is 5.56 Å². The molecule has 0 aromatic heterocycles. The first-order valence-corrected chi connectivity index (χ1v) is 5.65. The number of benzene rings is 2. The average molecular weight is 256 g/mol. The van der Waals surface area contributed by atoms with Gasteiger partial charge in [-0.05, 0) is 30.7 Å². The van der Waals surface area contributed by atoms with Crippen LogP contribution < -0.4 is 0 Å². The molecule has 19 heavy (non-hydrogen) atoms. The molecule has 0 aliphatic rings. The molecule has 0 saturated heterocycles. The van der Waals surface area contributed by atoms with Crippen LogP contribution in [0.25, 0.3) is 0 Å². The van der Waals surface area contributed by atoms with E-state index in [1.165, 1.54) is 18.3 Å². The lowest BCUT2D eigenvalue weighted by Gasteiger charge is -2.00. The Labute approximate surface area is 110 Å². The van der Waals surface area contributed by atoms with E-state index in [9.17, 15) is 15.2 Å². The van der Waals surface area contributed by atoms with Crippen molar-refractivity contribution in [3.63, 3.8) is 0 Å². The molecule has 1 N–H and O–H groups in total. The zero-order valence-electron chi connectivity index (χ0n) is 10.3. The fourth-order valence-corrected chi connectivity index (χ4v) is 1.65. The third-order valence-electron chi connectivity index (χ3n) is 2.60. The van der Waals surface area contributed by atoms with Crippen LogP contribution in [0.4, 0.5) is 11.4 Å². The Balaban J connectivity index is 2.34. The molecule has 0 spiro atoms. The predicted molar refractivity (Wildman–Crippen MR) is 73.2 cm³/mol. The topological polar surface area (TPSA) is 75.7 Å². The SMILES string of the molecule is Cc1cccc(N=Cc2cccc([N+](=O)[O-])c2O)c1. The Morgan fingerprint density at radius 1 is 1.26 bits per heavy atom. The number of aryl methyl sites for hydroxylation is 1. The summed E-state index contributed by atoms with van der Waals surface area (Å²) < 4.78 is 0. The molecule has 96 valence electrons. The van der Waals surface area contributed by atoms with Gasteiger partial charge >= 0.3 is 5.69 Å². The Morgan fingerprint density at radius 2 is 2.00 bits per heavy atom. The molecule has 0 unspecified atom stereocenters. The van der Waals surface area contributed by atoms with Crippen LogP contribution >= 0.6 is 0 Å². The maximum Gasteiger partial charge on any atom is 0.311 e. The van der Waals surface area contributed by atoms with Crippen molar-refractivity contribution >= 4 is 17.6 Å². The number of aliphatic imine (C=N–C) groups is 1. The van der Waals surface area contributed by atoms with Gasteiger partial charge in [0, 0.05) is 17.8 Å². The summed E-state index contributed by atoms with van der Waals surface area (Å²) in [6.07, 6.45) is 1.41. The second-order valence-corrected chi connectivity index (χ2v) is 4.07. The molecule has 2 aromatic carbocycles. The normalized spacial score (nSPS) is 10.8. The summed E-state index contributed by atoms with van der Waals surface area (Å²) in [5.74, 6) is -0.371. The van der Waals surface area contributed by atoms with Crippen molar-refractivity contribution in [2.75, 3.05) is 0 Å². The summed E-state index contributed by atoms with van der Waals surface area (Å²) in [5, 5.41) is 20.5. The second kappa shape index (κ2) is 5.30. The van der Waals surface area contributed by atoms with Crippen LogP contribution in [0.2, 0.25) is 0 Å². The van der Waals surface area contributed by atoms with E-state index < -0.39 is 4.92 Å². The third-order valence-corrected chi connectivity index (χ3v) is 2.60. The van der Waals surface area contributed by atoms with Crippen LogP contribution in [-0.2, 0) is 0 Å². The highest BCUT2D eigenvalue weighted by Gasteiger charge is 2.14. The largest absolute Gasteiger partial charge is 0.502 e. The Morgan fingerprint density at radius 3 is 2.68 bits per heavy atom. The Bertz CT molecular complexity index is 651. The van der Waals surface area contributed by atoms with E-state index in [-0.39, 0.29) is 11.4 Å². The molecule has 2 rings (SSSR count). The van der Waals surface area contributed by atoms with Crippen LogP contribution in [0, 0.1) is 17.0 Å². The number of phenols is 1. The van der Waals surface area contributed by atoms with Gasteiger partial charge in [0.2, 0.25) is 5.75 Å². The number of nitro groups is 1. The highest BCUT2D eigenvalue weighted by molar-refractivity contribution is 5.87. The van der Waals surface area contributed by atoms with Crippen LogP contribution in [0.15, 0.2) is 47.5 Å².